The maximum Gasteiger partial charge on any atom is 0.256 e. The number of carbonyl (C=O) groups is 1. The Morgan fingerprint density at radius 3 is 2.47 bits per heavy atom. The van der Waals surface area contributed by atoms with Crippen LogP contribution in [0.4, 0.5) is 5.95 Å². The van der Waals surface area contributed by atoms with E-state index in [1.807, 2.05) is 59.2 Å². The van der Waals surface area contributed by atoms with E-state index in [-0.39, 0.29) is 17.9 Å². The van der Waals surface area contributed by atoms with Crippen molar-refractivity contribution in [3.63, 3.8) is 0 Å². The summed E-state index contributed by atoms with van der Waals surface area (Å²) in [6, 6.07) is 17.8. The van der Waals surface area contributed by atoms with Crippen LogP contribution in [0.25, 0.3) is 11.0 Å². The maximum atomic E-state index is 12.8. The number of carbonyl (C=O) groups excluding carboxylic acids is 1. The van der Waals surface area contributed by atoms with E-state index in [4.69, 9.17) is 0 Å². The summed E-state index contributed by atoms with van der Waals surface area (Å²) >= 11 is 0. The highest BCUT2D eigenvalue weighted by Gasteiger charge is 2.17. The highest BCUT2D eigenvalue weighted by Crippen LogP contribution is 2.21. The first-order valence-corrected chi connectivity index (χ1v) is 9.76. The van der Waals surface area contributed by atoms with Crippen molar-refractivity contribution in [2.75, 3.05) is 5.32 Å². The largest absolute Gasteiger partial charge is 0.305 e. The molecule has 4 aromatic rings. The molecule has 1 N–H and O–H groups in total. The molecule has 2 aromatic carbocycles. The minimum atomic E-state index is -0.261. The molecule has 0 saturated carbocycles. The van der Waals surface area contributed by atoms with Crippen molar-refractivity contribution in [1.29, 1.82) is 0 Å². The fraction of sp³-hybridized carbons (Fsp3) is 0.217. The summed E-state index contributed by atoms with van der Waals surface area (Å²) in [5.74, 6) is 0.788. The molecule has 30 heavy (non-hydrogen) atoms. The van der Waals surface area contributed by atoms with E-state index in [1.54, 1.807) is 20.9 Å². The summed E-state index contributed by atoms with van der Waals surface area (Å²) in [7, 11) is 1.67. The Bertz CT molecular complexity index is 1290. The molecule has 1 amide bonds. The Kier molecular flexibility index (Phi) is 5.18. The van der Waals surface area contributed by atoms with Crippen LogP contribution in [0.2, 0.25) is 0 Å². The summed E-state index contributed by atoms with van der Waals surface area (Å²) in [5.41, 5.74) is 3.69. The van der Waals surface area contributed by atoms with Crippen LogP contribution in [-0.4, -0.2) is 25.0 Å². The van der Waals surface area contributed by atoms with Crippen molar-refractivity contribution in [2.24, 2.45) is 7.05 Å². The van der Waals surface area contributed by atoms with Gasteiger partial charge in [-0.25, -0.2) is 9.97 Å². The fourth-order valence-corrected chi connectivity index (χ4v) is 3.47. The second kappa shape index (κ2) is 7.94. The Hall–Kier alpha value is -3.74. The summed E-state index contributed by atoms with van der Waals surface area (Å²) in [6.07, 6.45) is 0.0112. The Labute approximate surface area is 174 Å². The number of hydrogen-bond donors (Lipinski definition) is 1. The molecule has 2 heterocycles. The van der Waals surface area contributed by atoms with Gasteiger partial charge < -0.3 is 4.57 Å². The minimum Gasteiger partial charge on any atom is -0.305 e. The van der Waals surface area contributed by atoms with Crippen molar-refractivity contribution in [1.82, 2.24) is 19.1 Å². The highest BCUT2D eigenvalue weighted by molar-refractivity contribution is 5.92. The first-order valence-electron chi connectivity index (χ1n) is 9.76. The van der Waals surface area contributed by atoms with Crippen LogP contribution in [0.1, 0.15) is 22.6 Å². The molecule has 0 spiro atoms. The molecular weight excluding hydrogens is 378 g/mol. The van der Waals surface area contributed by atoms with Gasteiger partial charge in [0, 0.05) is 12.6 Å². The van der Waals surface area contributed by atoms with Gasteiger partial charge in [-0.1, -0.05) is 42.5 Å². The molecule has 0 atom stereocenters. The number of imidazole rings is 1. The van der Waals surface area contributed by atoms with Gasteiger partial charge >= 0.3 is 0 Å². The molecule has 4 rings (SSSR count). The number of benzene rings is 2. The van der Waals surface area contributed by atoms with Crippen LogP contribution in [0.15, 0.2) is 59.4 Å². The number of aromatic nitrogens is 4. The summed E-state index contributed by atoms with van der Waals surface area (Å²) in [5, 5.41) is 2.91. The third kappa shape index (κ3) is 3.74. The lowest BCUT2D eigenvalue weighted by Gasteiger charge is -2.12. The predicted octanol–water partition coefficient (Wildman–Crippen LogP) is 2.98. The van der Waals surface area contributed by atoms with E-state index in [0.717, 1.165) is 16.6 Å². The lowest BCUT2D eigenvalue weighted by Crippen LogP contribution is -2.27. The van der Waals surface area contributed by atoms with Gasteiger partial charge in [-0.2, -0.15) is 0 Å². The molecule has 0 aliphatic rings. The molecule has 152 valence electrons. The fourth-order valence-electron chi connectivity index (χ4n) is 3.47. The zero-order chi connectivity index (χ0) is 21.3. The standard InChI is InChI=1S/C23H23N5O2/c1-15-19(24-16(2)27(3)22(15)30)13-21(29)26-23-25-18-11-7-8-12-20(18)28(23)14-17-9-5-4-6-10-17/h4-12H,13-14H2,1-3H3,(H,25,26,29). The maximum absolute atomic E-state index is 12.8. The summed E-state index contributed by atoms with van der Waals surface area (Å²) in [4.78, 5) is 34.1. The first kappa shape index (κ1) is 19.6. The quantitative estimate of drug-likeness (QED) is 0.557. The molecule has 0 radical (unpaired) electrons. The Morgan fingerprint density at radius 2 is 1.70 bits per heavy atom. The molecule has 7 heteroatoms. The van der Waals surface area contributed by atoms with Gasteiger partial charge in [0.25, 0.3) is 5.56 Å². The number of rotatable bonds is 5. The average Bonchev–Trinajstić information content (AvgIpc) is 3.08. The van der Waals surface area contributed by atoms with Crippen molar-refractivity contribution in [2.45, 2.75) is 26.8 Å². The number of fused-ring (bicyclic) bond motifs is 1. The van der Waals surface area contributed by atoms with E-state index >= 15 is 0 Å². The van der Waals surface area contributed by atoms with Crippen LogP contribution in [-0.2, 0) is 24.8 Å². The van der Waals surface area contributed by atoms with Gasteiger partial charge in [-0.05, 0) is 31.5 Å². The molecule has 0 bridgehead atoms. The van der Waals surface area contributed by atoms with E-state index in [0.29, 0.717) is 29.6 Å². The van der Waals surface area contributed by atoms with Gasteiger partial charge in [0.2, 0.25) is 11.9 Å². The number of anilines is 1. The van der Waals surface area contributed by atoms with Crippen LogP contribution in [0, 0.1) is 13.8 Å². The van der Waals surface area contributed by atoms with Crippen molar-refractivity contribution in [3.8, 4) is 0 Å². The minimum absolute atomic E-state index is 0.0112. The lowest BCUT2D eigenvalue weighted by molar-refractivity contribution is -0.115. The van der Waals surface area contributed by atoms with E-state index in [1.165, 1.54) is 4.57 Å². The van der Waals surface area contributed by atoms with Crippen LogP contribution in [0.5, 0.6) is 0 Å². The molecule has 0 saturated heterocycles. The second-order valence-corrected chi connectivity index (χ2v) is 7.32. The van der Waals surface area contributed by atoms with Gasteiger partial charge in [-0.15, -0.1) is 0 Å². The van der Waals surface area contributed by atoms with Gasteiger partial charge in [0.05, 0.1) is 29.7 Å². The van der Waals surface area contributed by atoms with Crippen molar-refractivity contribution in [3.05, 3.63) is 87.6 Å². The summed E-state index contributed by atoms with van der Waals surface area (Å²) in [6.45, 7) is 4.03. The molecule has 7 nitrogen and oxygen atoms in total. The molecule has 0 aliphatic heterocycles. The predicted molar refractivity (Wildman–Crippen MR) is 117 cm³/mol. The van der Waals surface area contributed by atoms with Crippen LogP contribution in [0.3, 0.4) is 0 Å². The topological polar surface area (TPSA) is 81.8 Å². The van der Waals surface area contributed by atoms with Gasteiger partial charge in [-0.3, -0.25) is 19.5 Å². The number of hydrogen-bond acceptors (Lipinski definition) is 4. The zero-order valence-electron chi connectivity index (χ0n) is 17.2. The Morgan fingerprint density at radius 1 is 1.00 bits per heavy atom. The monoisotopic (exact) mass is 401 g/mol. The smallest absolute Gasteiger partial charge is 0.256 e. The van der Waals surface area contributed by atoms with Crippen LogP contribution < -0.4 is 10.9 Å². The Balaban J connectivity index is 1.65. The molecular formula is C23H23N5O2. The van der Waals surface area contributed by atoms with Gasteiger partial charge in [0.1, 0.15) is 5.82 Å². The lowest BCUT2D eigenvalue weighted by atomic mass is 10.2. The number of nitrogens with one attached hydrogen (secondary N) is 1. The van der Waals surface area contributed by atoms with Crippen molar-refractivity contribution < 1.29 is 4.79 Å². The normalized spacial score (nSPS) is 11.0. The SMILES string of the molecule is Cc1c(CC(=O)Nc2nc3ccccc3n2Cc2ccccc2)nc(C)n(C)c1=O. The van der Waals surface area contributed by atoms with E-state index in [9.17, 15) is 9.59 Å². The average molecular weight is 401 g/mol. The number of para-hydroxylation sites is 2. The van der Waals surface area contributed by atoms with Crippen molar-refractivity contribution >= 4 is 22.9 Å². The molecule has 0 unspecified atom stereocenters. The van der Waals surface area contributed by atoms with Gasteiger partial charge in [0.15, 0.2) is 0 Å². The zero-order valence-corrected chi connectivity index (χ0v) is 17.2. The number of nitrogens with zero attached hydrogens (tertiary/aromatic N) is 4. The van der Waals surface area contributed by atoms with Crippen LogP contribution >= 0.6 is 0 Å². The molecule has 2 aromatic heterocycles. The summed E-state index contributed by atoms with van der Waals surface area (Å²) < 4.78 is 3.47. The van der Waals surface area contributed by atoms with E-state index < -0.39 is 0 Å². The molecule has 0 aliphatic carbocycles. The molecule has 0 fully saturated rings. The number of aryl methyl sites for hydroxylation is 1. The second-order valence-electron chi connectivity index (χ2n) is 7.32. The number of amides is 1. The third-order valence-corrected chi connectivity index (χ3v) is 5.26. The highest BCUT2D eigenvalue weighted by atomic mass is 16.2. The third-order valence-electron chi connectivity index (χ3n) is 5.26. The first-order chi connectivity index (χ1) is 14.4. The van der Waals surface area contributed by atoms with E-state index in [2.05, 4.69) is 15.3 Å².